The molecular weight excluding hydrogens is 420 g/mol. The first-order valence-corrected chi connectivity index (χ1v) is 14.9. The van der Waals surface area contributed by atoms with Gasteiger partial charge in [-0.05, 0) is 127 Å². The van der Waals surface area contributed by atoms with Crippen LogP contribution in [0.3, 0.4) is 0 Å². The van der Waals surface area contributed by atoms with E-state index in [0.717, 1.165) is 37.2 Å². The molecule has 1 aliphatic heterocycles. The largest absolute Gasteiger partial charge is 0.393 e. The fourth-order valence-corrected chi connectivity index (χ4v) is 12.1. The highest BCUT2D eigenvalue weighted by molar-refractivity contribution is 5.30. The van der Waals surface area contributed by atoms with E-state index in [0.29, 0.717) is 33.5 Å². The Labute approximate surface area is 208 Å². The van der Waals surface area contributed by atoms with Crippen LogP contribution in [0, 0.1) is 56.7 Å². The van der Waals surface area contributed by atoms with E-state index in [1.54, 1.807) is 0 Å². The van der Waals surface area contributed by atoms with Gasteiger partial charge in [0, 0.05) is 0 Å². The molecule has 5 aliphatic carbocycles. The van der Waals surface area contributed by atoms with Crippen molar-refractivity contribution < 1.29 is 14.9 Å². The highest BCUT2D eigenvalue weighted by atomic mass is 16.5. The van der Waals surface area contributed by atoms with Crippen LogP contribution < -0.4 is 0 Å². The fraction of sp³-hybridized carbons (Fsp3) is 1.00. The maximum Gasteiger partial charge on any atom is 0.0934 e. The van der Waals surface area contributed by atoms with E-state index in [1.807, 2.05) is 0 Å². The molecule has 1 heterocycles. The lowest BCUT2D eigenvalue weighted by Crippen LogP contribution is -2.58. The van der Waals surface area contributed by atoms with Crippen molar-refractivity contribution in [3.05, 3.63) is 0 Å². The molecule has 2 N–H and O–H groups in total. The molecule has 3 nitrogen and oxygen atoms in total. The molecule has 34 heavy (non-hydrogen) atoms. The molecule has 0 radical (unpaired) electrons. The van der Waals surface area contributed by atoms with Gasteiger partial charge in [0.15, 0.2) is 0 Å². The van der Waals surface area contributed by atoms with Gasteiger partial charge < -0.3 is 14.9 Å². The zero-order chi connectivity index (χ0) is 24.4. The third-order valence-corrected chi connectivity index (χ3v) is 14.6. The van der Waals surface area contributed by atoms with Gasteiger partial charge in [-0.25, -0.2) is 0 Å². The Morgan fingerprint density at radius 1 is 0.794 bits per heavy atom. The van der Waals surface area contributed by atoms with Gasteiger partial charge in [-0.1, -0.05) is 41.5 Å². The summed E-state index contributed by atoms with van der Waals surface area (Å²) in [5, 5.41) is 21.0. The third-order valence-electron chi connectivity index (χ3n) is 14.6. The minimum atomic E-state index is -0.312. The minimum absolute atomic E-state index is 0.0850. The molecule has 2 spiro atoms. The van der Waals surface area contributed by atoms with Crippen molar-refractivity contribution in [2.75, 3.05) is 13.2 Å². The monoisotopic (exact) mass is 472 g/mol. The Morgan fingerprint density at radius 2 is 1.50 bits per heavy atom. The molecule has 10 atom stereocenters. The summed E-state index contributed by atoms with van der Waals surface area (Å²) in [7, 11) is 0. The molecule has 194 valence electrons. The van der Waals surface area contributed by atoms with Crippen LogP contribution in [0.5, 0.6) is 0 Å². The lowest BCUT2D eigenvalue weighted by atomic mass is 9.41. The van der Waals surface area contributed by atoms with Crippen LogP contribution in [-0.2, 0) is 4.74 Å². The molecule has 0 bridgehead atoms. The molecule has 3 heteroatoms. The van der Waals surface area contributed by atoms with Gasteiger partial charge in [-0.3, -0.25) is 0 Å². The first kappa shape index (κ1) is 24.2. The number of ether oxygens (including phenoxy) is 1. The van der Waals surface area contributed by atoms with E-state index in [9.17, 15) is 10.2 Å². The van der Waals surface area contributed by atoms with Crippen molar-refractivity contribution in [3.63, 3.8) is 0 Å². The Kier molecular flexibility index (Phi) is 5.17. The lowest BCUT2D eigenvalue weighted by Gasteiger charge is -2.63. The highest BCUT2D eigenvalue weighted by Gasteiger charge is 2.82. The highest BCUT2D eigenvalue weighted by Crippen LogP contribution is 2.89. The second-order valence-corrected chi connectivity index (χ2v) is 15.5. The van der Waals surface area contributed by atoms with Crippen LogP contribution in [0.25, 0.3) is 0 Å². The van der Waals surface area contributed by atoms with E-state index >= 15 is 0 Å². The predicted octanol–water partition coefficient (Wildman–Crippen LogP) is 6.60. The summed E-state index contributed by atoms with van der Waals surface area (Å²) in [6, 6.07) is 0. The second kappa shape index (κ2) is 7.25. The van der Waals surface area contributed by atoms with Crippen molar-refractivity contribution in [3.8, 4) is 0 Å². The van der Waals surface area contributed by atoms with Crippen LogP contribution in [0.2, 0.25) is 0 Å². The molecule has 5 saturated carbocycles. The standard InChI is InChI=1S/C31H52O3/c1-20(2)31(19-32)14-9-21(17-34-31)22-10-12-28(6)24-8-7-23-26(3,4)25(33)11-13-29(23)18-30(24,29)16-15-27(22,28)5/h20-25,32-33H,7-19H2,1-6H3/t21-,22+,23-,24-,25-,27+,28-,29+,30-,31?/m0/s1. The SMILES string of the molecule is CC(C)C1(CO)CC[C@H]([C@H]2CC[C@@]3(C)[C@@H]4CC[C@H]5C(C)(C)[C@@H](O)CC[C@@]56C[C@@]46CC[C@]23C)CO1. The number of fused-ring (bicyclic) bond motifs is 2. The smallest absolute Gasteiger partial charge is 0.0934 e. The van der Waals surface area contributed by atoms with E-state index in [4.69, 9.17) is 4.74 Å². The van der Waals surface area contributed by atoms with E-state index in [1.165, 1.54) is 57.8 Å². The Bertz CT molecular complexity index is 827. The topological polar surface area (TPSA) is 49.7 Å². The molecule has 6 fully saturated rings. The molecule has 1 unspecified atom stereocenters. The summed E-state index contributed by atoms with van der Waals surface area (Å²) >= 11 is 0. The Balaban J connectivity index is 1.25. The molecule has 0 amide bonds. The zero-order valence-corrected chi connectivity index (χ0v) is 23.0. The normalized spacial score (nSPS) is 58.0. The second-order valence-electron chi connectivity index (χ2n) is 15.5. The Morgan fingerprint density at radius 3 is 2.15 bits per heavy atom. The van der Waals surface area contributed by atoms with Crippen molar-refractivity contribution in [1.29, 1.82) is 0 Å². The Hall–Kier alpha value is -0.120. The van der Waals surface area contributed by atoms with Gasteiger partial charge >= 0.3 is 0 Å². The first-order chi connectivity index (χ1) is 15.9. The summed E-state index contributed by atoms with van der Waals surface area (Å²) in [6.45, 7) is 15.6. The van der Waals surface area contributed by atoms with E-state index < -0.39 is 0 Å². The molecular formula is C31H52O3. The van der Waals surface area contributed by atoms with Crippen LogP contribution in [0.1, 0.15) is 112 Å². The van der Waals surface area contributed by atoms with Gasteiger partial charge in [0.25, 0.3) is 0 Å². The van der Waals surface area contributed by atoms with Crippen LogP contribution >= 0.6 is 0 Å². The maximum absolute atomic E-state index is 10.9. The van der Waals surface area contributed by atoms with Crippen LogP contribution in [0.15, 0.2) is 0 Å². The third kappa shape index (κ3) is 2.66. The molecule has 0 aromatic carbocycles. The van der Waals surface area contributed by atoms with Crippen molar-refractivity contribution in [2.24, 2.45) is 56.7 Å². The van der Waals surface area contributed by atoms with Crippen molar-refractivity contribution in [1.82, 2.24) is 0 Å². The van der Waals surface area contributed by atoms with Gasteiger partial charge in [0.05, 0.1) is 24.9 Å². The molecule has 1 saturated heterocycles. The summed E-state index contributed by atoms with van der Waals surface area (Å²) < 4.78 is 6.52. The number of hydrogen-bond donors (Lipinski definition) is 2. The lowest BCUT2D eigenvalue weighted by molar-refractivity contribution is -0.183. The summed E-state index contributed by atoms with van der Waals surface area (Å²) in [5.74, 6) is 3.41. The molecule has 0 aromatic heterocycles. The van der Waals surface area contributed by atoms with Crippen molar-refractivity contribution in [2.45, 2.75) is 124 Å². The average Bonchev–Trinajstić information content (AvgIpc) is 3.39. The maximum atomic E-state index is 10.9. The van der Waals surface area contributed by atoms with E-state index in [-0.39, 0.29) is 23.7 Å². The van der Waals surface area contributed by atoms with E-state index in [2.05, 4.69) is 41.5 Å². The average molecular weight is 473 g/mol. The van der Waals surface area contributed by atoms with Gasteiger partial charge in [0.1, 0.15) is 0 Å². The quantitative estimate of drug-likeness (QED) is 0.486. The summed E-state index contributed by atoms with van der Waals surface area (Å²) in [6.07, 6.45) is 14.2. The molecule has 6 rings (SSSR count). The minimum Gasteiger partial charge on any atom is -0.393 e. The summed E-state index contributed by atoms with van der Waals surface area (Å²) in [5.41, 5.74) is 1.76. The zero-order valence-electron chi connectivity index (χ0n) is 23.0. The van der Waals surface area contributed by atoms with Gasteiger partial charge in [-0.2, -0.15) is 0 Å². The summed E-state index contributed by atoms with van der Waals surface area (Å²) in [4.78, 5) is 0. The predicted molar refractivity (Wildman–Crippen MR) is 136 cm³/mol. The van der Waals surface area contributed by atoms with Crippen molar-refractivity contribution >= 4 is 0 Å². The number of rotatable bonds is 3. The van der Waals surface area contributed by atoms with Gasteiger partial charge in [0.2, 0.25) is 0 Å². The molecule has 0 aromatic rings. The molecule has 6 aliphatic rings. The van der Waals surface area contributed by atoms with Crippen LogP contribution in [0.4, 0.5) is 0 Å². The number of aliphatic hydroxyl groups is 2. The van der Waals surface area contributed by atoms with Gasteiger partial charge in [-0.15, -0.1) is 0 Å². The fourth-order valence-electron chi connectivity index (χ4n) is 12.1. The first-order valence-electron chi connectivity index (χ1n) is 14.9. The van der Waals surface area contributed by atoms with Crippen LogP contribution in [-0.4, -0.2) is 35.1 Å². The number of hydrogen-bond acceptors (Lipinski definition) is 3. The number of aliphatic hydroxyl groups excluding tert-OH is 2.